The fourth-order valence-corrected chi connectivity index (χ4v) is 5.55. The van der Waals surface area contributed by atoms with Gasteiger partial charge in [0.05, 0.1) is 0 Å². The summed E-state index contributed by atoms with van der Waals surface area (Å²) in [6.45, 7) is 13.1. The summed E-state index contributed by atoms with van der Waals surface area (Å²) in [4.78, 5) is 13.6. The number of allylic oxidation sites excluding steroid dienone is 4. The average molecular weight is 392 g/mol. The number of hydrogen-bond acceptors (Lipinski definition) is 1. The van der Waals surface area contributed by atoms with E-state index in [2.05, 4.69) is 58.0 Å². The van der Waals surface area contributed by atoms with Crippen LogP contribution in [0.5, 0.6) is 0 Å². The van der Waals surface area contributed by atoms with E-state index >= 15 is 0 Å². The molecule has 2 nitrogen and oxygen atoms in total. The van der Waals surface area contributed by atoms with Gasteiger partial charge < -0.3 is 4.90 Å². The van der Waals surface area contributed by atoms with Crippen LogP contribution in [0, 0.1) is 5.92 Å². The molecular formula is C27H37NO. The maximum atomic E-state index is 11.6. The number of carbonyl (C=O) groups is 1. The second kappa shape index (κ2) is 7.45. The van der Waals surface area contributed by atoms with Gasteiger partial charge in [-0.25, -0.2) is 0 Å². The van der Waals surface area contributed by atoms with Crippen molar-refractivity contribution in [3.63, 3.8) is 0 Å². The van der Waals surface area contributed by atoms with Crippen molar-refractivity contribution in [3.05, 3.63) is 52.6 Å². The number of nitrogens with zero attached hydrogens (tertiary/aromatic N) is 1. The van der Waals surface area contributed by atoms with Crippen LogP contribution in [-0.4, -0.2) is 23.9 Å². The highest BCUT2D eigenvalue weighted by molar-refractivity contribution is 5.73. The largest absolute Gasteiger partial charge is 0.343 e. The van der Waals surface area contributed by atoms with E-state index in [-0.39, 0.29) is 16.7 Å². The van der Waals surface area contributed by atoms with Gasteiger partial charge in [-0.1, -0.05) is 58.0 Å². The maximum absolute atomic E-state index is 11.6. The monoisotopic (exact) mass is 391 g/mol. The van der Waals surface area contributed by atoms with E-state index in [9.17, 15) is 4.79 Å². The quantitative estimate of drug-likeness (QED) is 0.571. The SMILES string of the molecule is CC(=O)N1CCC(C2=CCCC(c3ccc4c(c3)C(C)(C)CCC4(C)C)=C2)CC1. The van der Waals surface area contributed by atoms with Crippen LogP contribution in [-0.2, 0) is 15.6 Å². The molecule has 3 aliphatic rings. The molecular weight excluding hydrogens is 354 g/mol. The molecule has 29 heavy (non-hydrogen) atoms. The Bertz CT molecular complexity index is 863. The van der Waals surface area contributed by atoms with Gasteiger partial charge in [0.2, 0.25) is 5.91 Å². The van der Waals surface area contributed by atoms with Crippen LogP contribution < -0.4 is 0 Å². The zero-order chi connectivity index (χ0) is 20.8. The van der Waals surface area contributed by atoms with Gasteiger partial charge in [0.25, 0.3) is 0 Å². The van der Waals surface area contributed by atoms with Crippen molar-refractivity contribution in [2.24, 2.45) is 5.92 Å². The molecule has 1 heterocycles. The van der Waals surface area contributed by atoms with E-state index in [1.54, 1.807) is 18.1 Å². The zero-order valence-electron chi connectivity index (χ0n) is 19.0. The van der Waals surface area contributed by atoms with Gasteiger partial charge in [0, 0.05) is 20.0 Å². The lowest BCUT2D eigenvalue weighted by Crippen LogP contribution is -2.37. The maximum Gasteiger partial charge on any atom is 0.219 e. The highest BCUT2D eigenvalue weighted by Crippen LogP contribution is 2.47. The van der Waals surface area contributed by atoms with Crippen LogP contribution in [0.1, 0.15) is 89.8 Å². The number of likely N-dealkylation sites (tertiary alicyclic amines) is 1. The van der Waals surface area contributed by atoms with Crippen LogP contribution in [0.15, 0.2) is 35.9 Å². The summed E-state index contributed by atoms with van der Waals surface area (Å²) in [5.41, 5.74) is 8.06. The van der Waals surface area contributed by atoms with Gasteiger partial charge in [0.15, 0.2) is 0 Å². The Morgan fingerprint density at radius 2 is 1.66 bits per heavy atom. The second-order valence-electron chi connectivity index (χ2n) is 10.7. The molecule has 0 unspecified atom stereocenters. The van der Waals surface area contributed by atoms with Crippen molar-refractivity contribution >= 4 is 11.5 Å². The molecule has 1 fully saturated rings. The predicted octanol–water partition coefficient (Wildman–Crippen LogP) is 6.40. The normalized spacial score (nSPS) is 23.8. The van der Waals surface area contributed by atoms with Crippen LogP contribution in [0.4, 0.5) is 0 Å². The van der Waals surface area contributed by atoms with E-state index in [0.29, 0.717) is 5.92 Å². The lowest BCUT2D eigenvalue weighted by molar-refractivity contribution is -0.130. The zero-order valence-corrected chi connectivity index (χ0v) is 19.0. The molecule has 1 aromatic rings. The molecule has 2 aliphatic carbocycles. The molecule has 1 aliphatic heterocycles. The van der Waals surface area contributed by atoms with Gasteiger partial charge in [-0.05, 0) is 83.1 Å². The van der Waals surface area contributed by atoms with Crippen LogP contribution >= 0.6 is 0 Å². The van der Waals surface area contributed by atoms with Gasteiger partial charge in [-0.15, -0.1) is 0 Å². The fourth-order valence-electron chi connectivity index (χ4n) is 5.55. The smallest absolute Gasteiger partial charge is 0.219 e. The third-order valence-electron chi connectivity index (χ3n) is 7.77. The predicted molar refractivity (Wildman–Crippen MR) is 122 cm³/mol. The lowest BCUT2D eigenvalue weighted by atomic mass is 9.63. The minimum absolute atomic E-state index is 0.219. The Labute approximate surface area is 177 Å². The molecule has 0 aromatic heterocycles. The molecule has 2 heteroatoms. The van der Waals surface area contributed by atoms with Gasteiger partial charge in [0.1, 0.15) is 0 Å². The van der Waals surface area contributed by atoms with Gasteiger partial charge in [-0.2, -0.15) is 0 Å². The number of carbonyl (C=O) groups excluding carboxylic acids is 1. The highest BCUT2D eigenvalue weighted by Gasteiger charge is 2.37. The van der Waals surface area contributed by atoms with Crippen molar-refractivity contribution in [2.75, 3.05) is 13.1 Å². The summed E-state index contributed by atoms with van der Waals surface area (Å²) >= 11 is 0. The number of amides is 1. The highest BCUT2D eigenvalue weighted by atomic mass is 16.2. The van der Waals surface area contributed by atoms with Gasteiger partial charge in [-0.3, -0.25) is 4.79 Å². The fraction of sp³-hybridized carbons (Fsp3) is 0.593. The van der Waals surface area contributed by atoms with E-state index < -0.39 is 0 Å². The molecule has 0 spiro atoms. The second-order valence-corrected chi connectivity index (χ2v) is 10.7. The van der Waals surface area contributed by atoms with Crippen LogP contribution in [0.25, 0.3) is 5.57 Å². The Kier molecular flexibility index (Phi) is 5.25. The Hall–Kier alpha value is -1.83. The van der Waals surface area contributed by atoms with Crippen molar-refractivity contribution in [1.82, 2.24) is 4.90 Å². The summed E-state index contributed by atoms with van der Waals surface area (Å²) < 4.78 is 0. The Morgan fingerprint density at radius 3 is 2.31 bits per heavy atom. The lowest BCUT2D eigenvalue weighted by Gasteiger charge is -2.42. The molecule has 1 amide bonds. The number of piperidine rings is 1. The number of fused-ring (bicyclic) bond motifs is 1. The van der Waals surface area contributed by atoms with Crippen molar-refractivity contribution in [2.45, 2.75) is 84.0 Å². The summed E-state index contributed by atoms with van der Waals surface area (Å²) in [5.74, 6) is 0.825. The molecule has 156 valence electrons. The molecule has 0 radical (unpaired) electrons. The molecule has 1 aromatic carbocycles. The average Bonchev–Trinajstić information content (AvgIpc) is 2.71. The third-order valence-corrected chi connectivity index (χ3v) is 7.77. The summed E-state index contributed by atoms with van der Waals surface area (Å²) in [6, 6.07) is 7.29. The van der Waals surface area contributed by atoms with E-state index in [0.717, 1.165) is 38.8 Å². The summed E-state index contributed by atoms with van der Waals surface area (Å²) in [5, 5.41) is 0. The van der Waals surface area contributed by atoms with E-state index in [1.807, 2.05) is 4.90 Å². The molecule has 1 saturated heterocycles. The van der Waals surface area contributed by atoms with E-state index in [4.69, 9.17) is 0 Å². The van der Waals surface area contributed by atoms with Crippen molar-refractivity contribution in [3.8, 4) is 0 Å². The molecule has 0 saturated carbocycles. The first-order valence-corrected chi connectivity index (χ1v) is 11.5. The number of benzene rings is 1. The topological polar surface area (TPSA) is 20.3 Å². The molecule has 0 N–H and O–H groups in total. The summed E-state index contributed by atoms with van der Waals surface area (Å²) in [7, 11) is 0. The van der Waals surface area contributed by atoms with Crippen molar-refractivity contribution in [1.29, 1.82) is 0 Å². The number of rotatable bonds is 2. The molecule has 0 atom stereocenters. The minimum Gasteiger partial charge on any atom is -0.343 e. The van der Waals surface area contributed by atoms with Crippen LogP contribution in [0.2, 0.25) is 0 Å². The first-order valence-electron chi connectivity index (χ1n) is 11.5. The first kappa shape index (κ1) is 20.4. The Balaban J connectivity index is 1.59. The van der Waals surface area contributed by atoms with E-state index in [1.165, 1.54) is 29.6 Å². The van der Waals surface area contributed by atoms with Crippen molar-refractivity contribution < 1.29 is 4.79 Å². The molecule has 4 rings (SSSR count). The van der Waals surface area contributed by atoms with Crippen LogP contribution in [0.3, 0.4) is 0 Å². The first-order chi connectivity index (χ1) is 13.7. The van der Waals surface area contributed by atoms with Gasteiger partial charge >= 0.3 is 0 Å². The number of hydrogen-bond donors (Lipinski definition) is 0. The molecule has 0 bridgehead atoms. The Morgan fingerprint density at radius 1 is 1.00 bits per heavy atom. The minimum atomic E-state index is 0.219. The standard InChI is InChI=1S/C27H37NO/c1-19(29)28-15-11-20(12-16-28)21-7-6-8-22(17-21)23-9-10-24-25(18-23)27(4,5)14-13-26(24,2)3/h7,9-10,17-18,20H,6,8,11-16H2,1-5H3. The summed E-state index contributed by atoms with van der Waals surface area (Å²) in [6.07, 6.45) is 11.9. The third kappa shape index (κ3) is 3.96.